The van der Waals surface area contributed by atoms with Crippen LogP contribution in [0.2, 0.25) is 0 Å². The van der Waals surface area contributed by atoms with E-state index in [1.165, 1.54) is 49.9 Å². The van der Waals surface area contributed by atoms with Crippen LogP contribution in [0.4, 0.5) is 19.0 Å². The Bertz CT molecular complexity index is 1660. The van der Waals surface area contributed by atoms with Gasteiger partial charge >= 0.3 is 19.7 Å². The normalized spacial score (nSPS) is 14.8. The number of fused-ring (bicyclic) bond motifs is 1. The highest BCUT2D eigenvalue weighted by atomic mass is 31.2. The fraction of sp³-hybridized carbons (Fsp3) is 0.393. The van der Waals surface area contributed by atoms with Crippen LogP contribution < -0.4 is 15.3 Å². The number of aromatic nitrogens is 5. The topological polar surface area (TPSA) is 156 Å². The van der Waals surface area contributed by atoms with Crippen LogP contribution in [0.15, 0.2) is 49.1 Å². The second-order valence-electron chi connectivity index (χ2n) is 10.4. The van der Waals surface area contributed by atoms with Crippen molar-refractivity contribution in [3.8, 4) is 17.0 Å². The summed E-state index contributed by atoms with van der Waals surface area (Å²) in [6.07, 6.45) is -3.09. The minimum atomic E-state index is -4.60. The maximum absolute atomic E-state index is 14.1. The van der Waals surface area contributed by atoms with E-state index in [0.29, 0.717) is 22.3 Å². The number of nitrogens with zero attached hydrogens (tertiary/aromatic N) is 5. The fourth-order valence-corrected chi connectivity index (χ4v) is 5.97. The number of imidazole rings is 1. The number of hydrogen-bond donors (Lipinski definition) is 2. The number of nitrogens with two attached hydrogens (primary N) is 1. The molecule has 236 valence electrons. The molecule has 0 fully saturated rings. The minimum absolute atomic E-state index is 0.127. The number of alkyl halides is 3. The molecule has 3 atom stereocenters. The summed E-state index contributed by atoms with van der Waals surface area (Å²) >= 11 is 0. The number of benzene rings is 1. The highest BCUT2D eigenvalue weighted by Crippen LogP contribution is 2.44. The lowest BCUT2D eigenvalue weighted by atomic mass is 10.1. The van der Waals surface area contributed by atoms with Crippen LogP contribution in [-0.4, -0.2) is 55.1 Å². The van der Waals surface area contributed by atoms with Crippen LogP contribution >= 0.6 is 7.52 Å². The molecule has 0 saturated carbocycles. The van der Waals surface area contributed by atoms with Crippen LogP contribution in [0.5, 0.6) is 5.75 Å². The molecule has 3 N–H and O–H groups in total. The molecule has 0 saturated heterocycles. The lowest BCUT2D eigenvalue weighted by Crippen LogP contribution is -2.37. The molecule has 4 rings (SSSR count). The molecule has 1 aromatic carbocycles. The molecule has 4 aromatic rings. The first-order valence-corrected chi connectivity index (χ1v) is 15.4. The number of halogens is 3. The van der Waals surface area contributed by atoms with Crippen LogP contribution in [0.25, 0.3) is 22.4 Å². The number of esters is 1. The largest absolute Gasteiger partial charge is 0.462 e. The SMILES string of the molecule is Cc1ccc(C(F)(F)F)nc1-c1ccc(OP(=O)(CO[C@H](C)Cn2cnc3c(N)ncnc32)N[C@@H](C)C(=O)OC(C)C)cc1. The zero-order valence-corrected chi connectivity index (χ0v) is 25.6. The second-order valence-corrected chi connectivity index (χ2v) is 12.5. The van der Waals surface area contributed by atoms with Gasteiger partial charge in [0.2, 0.25) is 0 Å². The summed E-state index contributed by atoms with van der Waals surface area (Å²) in [6.45, 7) is 8.53. The second kappa shape index (κ2) is 13.3. The van der Waals surface area contributed by atoms with Crippen molar-refractivity contribution in [1.82, 2.24) is 29.6 Å². The monoisotopic (exact) mass is 635 g/mol. The molecule has 0 aliphatic carbocycles. The first-order valence-electron chi connectivity index (χ1n) is 13.6. The van der Waals surface area contributed by atoms with Gasteiger partial charge in [0, 0.05) is 5.56 Å². The van der Waals surface area contributed by atoms with Gasteiger partial charge in [-0.05, 0) is 70.5 Å². The highest BCUT2D eigenvalue weighted by molar-refractivity contribution is 7.57. The van der Waals surface area contributed by atoms with Gasteiger partial charge in [0.1, 0.15) is 35.7 Å². The van der Waals surface area contributed by atoms with Gasteiger partial charge < -0.3 is 24.3 Å². The third kappa shape index (κ3) is 8.10. The summed E-state index contributed by atoms with van der Waals surface area (Å²) in [5.41, 5.74) is 6.87. The van der Waals surface area contributed by atoms with Crippen molar-refractivity contribution in [3.63, 3.8) is 0 Å². The summed E-state index contributed by atoms with van der Waals surface area (Å²) in [7, 11) is -3.93. The number of carbonyl (C=O) groups is 1. The van der Waals surface area contributed by atoms with Crippen molar-refractivity contribution < 1.29 is 36.5 Å². The Kier molecular flexibility index (Phi) is 9.91. The van der Waals surface area contributed by atoms with Gasteiger partial charge in [-0.15, -0.1) is 0 Å². The lowest BCUT2D eigenvalue weighted by Gasteiger charge is -2.25. The number of anilines is 1. The quantitative estimate of drug-likeness (QED) is 0.153. The van der Waals surface area contributed by atoms with E-state index >= 15 is 0 Å². The molecule has 12 nitrogen and oxygen atoms in total. The Hall–Kier alpha value is -4.07. The molecule has 0 radical (unpaired) electrons. The zero-order chi connectivity index (χ0) is 32.2. The molecule has 0 aliphatic heterocycles. The zero-order valence-electron chi connectivity index (χ0n) is 24.7. The van der Waals surface area contributed by atoms with E-state index in [9.17, 15) is 22.5 Å². The Morgan fingerprint density at radius 2 is 1.77 bits per heavy atom. The first kappa shape index (κ1) is 32.8. The smallest absolute Gasteiger partial charge is 0.433 e. The van der Waals surface area contributed by atoms with E-state index in [2.05, 4.69) is 25.0 Å². The molecule has 0 aliphatic rings. The number of aryl methyl sites for hydroxylation is 1. The Morgan fingerprint density at radius 1 is 1.07 bits per heavy atom. The van der Waals surface area contributed by atoms with E-state index in [4.69, 9.17) is 19.7 Å². The van der Waals surface area contributed by atoms with Crippen molar-refractivity contribution in [2.75, 3.05) is 12.1 Å². The van der Waals surface area contributed by atoms with Crippen molar-refractivity contribution in [3.05, 3.63) is 60.3 Å². The molecule has 0 spiro atoms. The molecule has 3 heterocycles. The van der Waals surface area contributed by atoms with E-state index in [1.54, 1.807) is 32.3 Å². The number of pyridine rings is 1. The average Bonchev–Trinajstić information content (AvgIpc) is 3.35. The number of ether oxygens (including phenoxy) is 2. The summed E-state index contributed by atoms with van der Waals surface area (Å²) in [6, 6.07) is 7.16. The predicted molar refractivity (Wildman–Crippen MR) is 157 cm³/mol. The summed E-state index contributed by atoms with van der Waals surface area (Å²) in [5, 5.41) is 2.72. The van der Waals surface area contributed by atoms with Crippen LogP contribution in [0.1, 0.15) is 39.0 Å². The molecule has 3 aromatic heterocycles. The number of carbonyl (C=O) groups excluding carboxylic acids is 1. The molecule has 1 unspecified atom stereocenters. The third-order valence-electron chi connectivity index (χ3n) is 6.28. The fourth-order valence-electron chi connectivity index (χ4n) is 4.18. The van der Waals surface area contributed by atoms with E-state index < -0.39 is 50.0 Å². The maximum Gasteiger partial charge on any atom is 0.433 e. The summed E-state index contributed by atoms with van der Waals surface area (Å²) in [4.78, 5) is 28.6. The first-order chi connectivity index (χ1) is 20.6. The van der Waals surface area contributed by atoms with Crippen molar-refractivity contribution >= 4 is 30.5 Å². The Balaban J connectivity index is 1.52. The Morgan fingerprint density at radius 3 is 2.43 bits per heavy atom. The van der Waals surface area contributed by atoms with E-state index in [1.807, 2.05) is 0 Å². The number of nitrogen functional groups attached to an aromatic ring is 1. The predicted octanol–water partition coefficient (Wildman–Crippen LogP) is 5.36. The van der Waals surface area contributed by atoms with Crippen LogP contribution in [-0.2, 0) is 31.6 Å². The summed E-state index contributed by atoms with van der Waals surface area (Å²) in [5.74, 6) is -0.278. The molecular weight excluding hydrogens is 602 g/mol. The van der Waals surface area contributed by atoms with Crippen molar-refractivity contribution in [2.24, 2.45) is 0 Å². The lowest BCUT2D eigenvalue weighted by molar-refractivity contribution is -0.149. The van der Waals surface area contributed by atoms with E-state index in [0.717, 1.165) is 6.07 Å². The van der Waals surface area contributed by atoms with Gasteiger partial charge in [0.25, 0.3) is 0 Å². The highest BCUT2D eigenvalue weighted by Gasteiger charge is 2.34. The number of hydrogen-bond acceptors (Lipinski definition) is 10. The van der Waals surface area contributed by atoms with Gasteiger partial charge in [0.05, 0.1) is 30.8 Å². The standard InChI is InChI=1S/C28H33F3N7O5P/c1-16(2)42-27(39)19(5)37-44(40,15-41-18(4)12-38-14-35-24-25(32)33-13-34-26(24)38)43-21-9-7-20(8-10-21)23-17(3)6-11-22(36-23)28(29,30)31/h6-11,13-14,16,18-19H,12,15H2,1-5H3,(H,37,40)(H2,32,33,34)/t18-,19+,44?/m1/s1. The van der Waals surface area contributed by atoms with E-state index in [-0.39, 0.29) is 23.8 Å². The molecule has 0 bridgehead atoms. The average molecular weight is 636 g/mol. The molecule has 44 heavy (non-hydrogen) atoms. The van der Waals surface area contributed by atoms with Crippen molar-refractivity contribution in [2.45, 2.75) is 65.6 Å². The minimum Gasteiger partial charge on any atom is -0.462 e. The molecule has 0 amide bonds. The maximum atomic E-state index is 14.1. The summed E-state index contributed by atoms with van der Waals surface area (Å²) < 4.78 is 72.5. The van der Waals surface area contributed by atoms with Gasteiger partial charge in [-0.3, -0.25) is 9.36 Å². The number of nitrogens with one attached hydrogen (secondary N) is 1. The van der Waals surface area contributed by atoms with Crippen molar-refractivity contribution in [1.29, 1.82) is 0 Å². The van der Waals surface area contributed by atoms with Crippen LogP contribution in [0.3, 0.4) is 0 Å². The molecular formula is C28H33F3N7O5P. The van der Waals surface area contributed by atoms with Gasteiger partial charge in [-0.25, -0.2) is 25.0 Å². The number of rotatable bonds is 12. The van der Waals surface area contributed by atoms with Gasteiger partial charge in [0.15, 0.2) is 11.5 Å². The molecule has 16 heteroatoms. The van der Waals surface area contributed by atoms with Crippen LogP contribution in [0, 0.1) is 6.92 Å². The Labute approximate surface area is 251 Å². The van der Waals surface area contributed by atoms with Gasteiger partial charge in [-0.2, -0.15) is 13.2 Å². The van der Waals surface area contributed by atoms with Gasteiger partial charge in [-0.1, -0.05) is 6.07 Å². The third-order valence-corrected chi connectivity index (χ3v) is 8.05.